The van der Waals surface area contributed by atoms with E-state index in [1.807, 2.05) is 0 Å². The van der Waals surface area contributed by atoms with Crippen molar-refractivity contribution in [1.29, 1.82) is 0 Å². The van der Waals surface area contributed by atoms with Gasteiger partial charge in [0.2, 0.25) is 0 Å². The molecule has 0 saturated carbocycles. The first kappa shape index (κ1) is 13.0. The Morgan fingerprint density at radius 2 is 2.17 bits per heavy atom. The minimum absolute atomic E-state index is 0.125. The molecule has 1 aliphatic heterocycles. The number of halogens is 1. The van der Waals surface area contributed by atoms with Gasteiger partial charge in [0.15, 0.2) is 11.5 Å². The largest absolute Gasteiger partial charge is 0.504 e. The summed E-state index contributed by atoms with van der Waals surface area (Å²) >= 11 is 5.83. The maximum Gasteiger partial charge on any atom is 0.254 e. The number of phenolic OH excluding ortho intramolecular Hbond substituents is 2. The standard InChI is InChI=1S/C13H16ClNO3/c14-7-9-2-1-5-15(8-9)13(18)10-3-4-11(16)12(17)6-10/h3-4,6,9,16-17H,1-2,5,7-8H2. The Morgan fingerprint density at radius 3 is 2.83 bits per heavy atom. The van der Waals surface area contributed by atoms with Crippen LogP contribution in [0.15, 0.2) is 18.2 Å². The van der Waals surface area contributed by atoms with Crippen LogP contribution in [-0.4, -0.2) is 40.0 Å². The lowest BCUT2D eigenvalue weighted by Gasteiger charge is -2.31. The molecule has 4 nitrogen and oxygen atoms in total. The van der Waals surface area contributed by atoms with Crippen LogP contribution in [0.25, 0.3) is 0 Å². The topological polar surface area (TPSA) is 60.8 Å². The quantitative estimate of drug-likeness (QED) is 0.639. The number of piperidine rings is 1. The third kappa shape index (κ3) is 2.70. The van der Waals surface area contributed by atoms with Crippen molar-refractivity contribution in [2.45, 2.75) is 12.8 Å². The number of phenols is 2. The SMILES string of the molecule is O=C(c1ccc(O)c(O)c1)N1CCCC(CCl)C1. The molecule has 1 fully saturated rings. The number of amides is 1. The molecule has 1 saturated heterocycles. The Labute approximate surface area is 111 Å². The molecule has 1 aliphatic rings. The van der Waals surface area contributed by atoms with Crippen molar-refractivity contribution < 1.29 is 15.0 Å². The lowest BCUT2D eigenvalue weighted by atomic mass is 9.99. The number of hydrogen-bond donors (Lipinski definition) is 2. The molecule has 1 heterocycles. The average molecular weight is 270 g/mol. The Balaban J connectivity index is 2.12. The lowest BCUT2D eigenvalue weighted by molar-refractivity contribution is 0.0684. The van der Waals surface area contributed by atoms with Crippen molar-refractivity contribution in [2.75, 3.05) is 19.0 Å². The van der Waals surface area contributed by atoms with E-state index >= 15 is 0 Å². The molecule has 18 heavy (non-hydrogen) atoms. The summed E-state index contributed by atoms with van der Waals surface area (Å²) in [4.78, 5) is 14.0. The van der Waals surface area contributed by atoms with Crippen molar-refractivity contribution in [1.82, 2.24) is 4.90 Å². The number of hydrogen-bond acceptors (Lipinski definition) is 3. The van der Waals surface area contributed by atoms with Gasteiger partial charge in [-0.1, -0.05) is 0 Å². The second-order valence-corrected chi connectivity index (χ2v) is 4.93. The number of aromatic hydroxyl groups is 2. The second-order valence-electron chi connectivity index (χ2n) is 4.62. The number of alkyl halides is 1. The molecule has 0 radical (unpaired) electrons. The number of benzene rings is 1. The highest BCUT2D eigenvalue weighted by Crippen LogP contribution is 2.26. The first-order chi connectivity index (χ1) is 8.61. The summed E-state index contributed by atoms with van der Waals surface area (Å²) < 4.78 is 0. The molecular weight excluding hydrogens is 254 g/mol. The van der Waals surface area contributed by atoms with Gasteiger partial charge in [-0.15, -0.1) is 11.6 Å². The number of nitrogens with zero attached hydrogens (tertiary/aromatic N) is 1. The van der Waals surface area contributed by atoms with E-state index in [0.29, 0.717) is 30.5 Å². The number of rotatable bonds is 2. The Hall–Kier alpha value is -1.42. The van der Waals surface area contributed by atoms with E-state index in [9.17, 15) is 15.0 Å². The zero-order valence-electron chi connectivity index (χ0n) is 9.97. The van der Waals surface area contributed by atoms with E-state index in [4.69, 9.17) is 11.6 Å². The Kier molecular flexibility index (Phi) is 3.97. The minimum Gasteiger partial charge on any atom is -0.504 e. The van der Waals surface area contributed by atoms with Gasteiger partial charge >= 0.3 is 0 Å². The van der Waals surface area contributed by atoms with Crippen LogP contribution in [0.5, 0.6) is 11.5 Å². The summed E-state index contributed by atoms with van der Waals surface area (Å²) in [5.74, 6) is 0.288. The van der Waals surface area contributed by atoms with Gasteiger partial charge < -0.3 is 15.1 Å². The first-order valence-corrected chi connectivity index (χ1v) is 6.52. The first-order valence-electron chi connectivity index (χ1n) is 5.99. The molecule has 1 atom stereocenters. The van der Waals surface area contributed by atoms with Crippen LogP contribution in [0.4, 0.5) is 0 Å². The van der Waals surface area contributed by atoms with Crippen molar-refractivity contribution in [2.24, 2.45) is 5.92 Å². The molecule has 0 spiro atoms. The van der Waals surface area contributed by atoms with Crippen LogP contribution < -0.4 is 0 Å². The third-order valence-corrected chi connectivity index (χ3v) is 3.68. The molecule has 0 bridgehead atoms. The molecule has 1 unspecified atom stereocenters. The molecule has 2 rings (SSSR count). The van der Waals surface area contributed by atoms with Crippen molar-refractivity contribution in [3.63, 3.8) is 0 Å². The van der Waals surface area contributed by atoms with Gasteiger partial charge in [-0.3, -0.25) is 4.79 Å². The molecule has 1 aromatic carbocycles. The van der Waals surface area contributed by atoms with E-state index in [-0.39, 0.29) is 17.4 Å². The highest BCUT2D eigenvalue weighted by atomic mass is 35.5. The maximum absolute atomic E-state index is 12.2. The zero-order chi connectivity index (χ0) is 13.1. The van der Waals surface area contributed by atoms with Crippen LogP contribution >= 0.6 is 11.6 Å². The van der Waals surface area contributed by atoms with E-state index < -0.39 is 0 Å². The molecular formula is C13H16ClNO3. The van der Waals surface area contributed by atoms with Gasteiger partial charge in [-0.2, -0.15) is 0 Å². The van der Waals surface area contributed by atoms with Crippen molar-refractivity contribution in [3.05, 3.63) is 23.8 Å². The number of carbonyl (C=O) groups is 1. The molecule has 1 aromatic rings. The fourth-order valence-corrected chi connectivity index (χ4v) is 2.47. The maximum atomic E-state index is 12.2. The van der Waals surface area contributed by atoms with E-state index in [0.717, 1.165) is 12.8 Å². The molecule has 1 amide bonds. The Morgan fingerprint density at radius 1 is 1.39 bits per heavy atom. The number of carbonyl (C=O) groups excluding carboxylic acids is 1. The fourth-order valence-electron chi connectivity index (χ4n) is 2.21. The Bertz CT molecular complexity index is 450. The van der Waals surface area contributed by atoms with Gasteiger partial charge in [-0.05, 0) is 37.0 Å². The smallest absolute Gasteiger partial charge is 0.254 e. The predicted molar refractivity (Wildman–Crippen MR) is 69.1 cm³/mol. The van der Waals surface area contributed by atoms with Crippen molar-refractivity contribution in [3.8, 4) is 11.5 Å². The normalized spacial score (nSPS) is 19.8. The summed E-state index contributed by atoms with van der Waals surface area (Å²) in [5, 5.41) is 18.6. The highest BCUT2D eigenvalue weighted by molar-refractivity contribution is 6.18. The highest BCUT2D eigenvalue weighted by Gasteiger charge is 2.24. The van der Waals surface area contributed by atoms with E-state index in [2.05, 4.69) is 0 Å². The molecule has 5 heteroatoms. The monoisotopic (exact) mass is 269 g/mol. The average Bonchev–Trinajstić information content (AvgIpc) is 2.41. The molecule has 0 aromatic heterocycles. The van der Waals surface area contributed by atoms with Crippen LogP contribution in [0.2, 0.25) is 0 Å². The second kappa shape index (κ2) is 5.48. The molecule has 0 aliphatic carbocycles. The van der Waals surface area contributed by atoms with Gasteiger partial charge in [0.1, 0.15) is 0 Å². The van der Waals surface area contributed by atoms with E-state index in [1.54, 1.807) is 4.90 Å². The summed E-state index contributed by atoms with van der Waals surface area (Å²) in [6, 6.07) is 4.13. The van der Waals surface area contributed by atoms with Gasteiger partial charge in [0.05, 0.1) is 0 Å². The zero-order valence-corrected chi connectivity index (χ0v) is 10.7. The van der Waals surface area contributed by atoms with Crippen LogP contribution in [0.3, 0.4) is 0 Å². The minimum atomic E-state index is -0.272. The van der Waals surface area contributed by atoms with Crippen molar-refractivity contribution >= 4 is 17.5 Å². The summed E-state index contributed by atoms with van der Waals surface area (Å²) in [6.07, 6.45) is 2.00. The number of likely N-dealkylation sites (tertiary alicyclic amines) is 1. The summed E-state index contributed by atoms with van der Waals surface area (Å²) in [6.45, 7) is 1.37. The van der Waals surface area contributed by atoms with Crippen LogP contribution in [0, 0.1) is 5.92 Å². The molecule has 98 valence electrons. The van der Waals surface area contributed by atoms with E-state index in [1.165, 1.54) is 18.2 Å². The summed E-state index contributed by atoms with van der Waals surface area (Å²) in [5.41, 5.74) is 0.389. The summed E-state index contributed by atoms with van der Waals surface area (Å²) in [7, 11) is 0. The predicted octanol–water partition coefficient (Wildman–Crippen LogP) is 2.19. The van der Waals surface area contributed by atoms with Gasteiger partial charge in [-0.25, -0.2) is 0 Å². The van der Waals surface area contributed by atoms with Gasteiger partial charge in [0, 0.05) is 24.5 Å². The third-order valence-electron chi connectivity index (χ3n) is 3.25. The fraction of sp³-hybridized carbons (Fsp3) is 0.462. The van der Waals surface area contributed by atoms with Crippen LogP contribution in [0.1, 0.15) is 23.2 Å². The van der Waals surface area contributed by atoms with Crippen LogP contribution in [-0.2, 0) is 0 Å². The molecule has 2 N–H and O–H groups in total. The lowest BCUT2D eigenvalue weighted by Crippen LogP contribution is -2.40. The van der Waals surface area contributed by atoms with Gasteiger partial charge in [0.25, 0.3) is 5.91 Å².